The first-order chi connectivity index (χ1) is 9.65. The Balaban J connectivity index is 2.41. The van der Waals surface area contributed by atoms with Crippen molar-refractivity contribution in [3.05, 3.63) is 58.8 Å². The van der Waals surface area contributed by atoms with E-state index in [0.29, 0.717) is 0 Å². The van der Waals surface area contributed by atoms with Crippen LogP contribution in [0.5, 0.6) is 0 Å². The second kappa shape index (κ2) is 6.71. The van der Waals surface area contributed by atoms with Gasteiger partial charge >= 0.3 is 0 Å². The van der Waals surface area contributed by atoms with Crippen LogP contribution in [0.2, 0.25) is 0 Å². The van der Waals surface area contributed by atoms with Crippen molar-refractivity contribution in [2.24, 2.45) is 0 Å². The lowest BCUT2D eigenvalue weighted by Gasteiger charge is -2.20. The van der Waals surface area contributed by atoms with Gasteiger partial charge in [0.25, 0.3) is 0 Å². The van der Waals surface area contributed by atoms with Crippen molar-refractivity contribution < 1.29 is 8.81 Å². The van der Waals surface area contributed by atoms with Crippen molar-refractivity contribution in [1.82, 2.24) is 5.32 Å². The van der Waals surface area contributed by atoms with E-state index in [-0.39, 0.29) is 11.9 Å². The van der Waals surface area contributed by atoms with Crippen LogP contribution in [0, 0.1) is 12.7 Å². The van der Waals surface area contributed by atoms with Gasteiger partial charge in [0.1, 0.15) is 11.6 Å². The monoisotopic (exact) mass is 275 g/mol. The molecule has 0 saturated heterocycles. The first kappa shape index (κ1) is 14.8. The summed E-state index contributed by atoms with van der Waals surface area (Å²) in [5.74, 6) is 0.769. The Morgan fingerprint density at radius 1 is 1.25 bits per heavy atom. The van der Waals surface area contributed by atoms with Gasteiger partial charge in [0.05, 0.1) is 12.3 Å². The third-order valence-electron chi connectivity index (χ3n) is 3.41. The summed E-state index contributed by atoms with van der Waals surface area (Å²) >= 11 is 0. The predicted molar refractivity (Wildman–Crippen MR) is 79.4 cm³/mol. The normalized spacial score (nSPS) is 12.6. The zero-order valence-corrected chi connectivity index (χ0v) is 12.4. The fourth-order valence-electron chi connectivity index (χ4n) is 2.52. The van der Waals surface area contributed by atoms with E-state index in [1.54, 1.807) is 18.4 Å². The molecule has 0 aliphatic carbocycles. The maximum absolute atomic E-state index is 13.7. The number of nitrogens with one attached hydrogen (secondary N) is 1. The van der Waals surface area contributed by atoms with Gasteiger partial charge in [-0.3, -0.25) is 0 Å². The maximum atomic E-state index is 13.7. The van der Waals surface area contributed by atoms with Crippen LogP contribution in [-0.2, 0) is 6.42 Å². The molecule has 1 atom stereocenters. The number of aryl methyl sites for hydroxylation is 2. The number of rotatable bonds is 6. The SMILES string of the molecule is CCCNC(c1cc(C)cc(F)c1)c1ccoc1CC. The molecule has 0 aliphatic rings. The highest BCUT2D eigenvalue weighted by Gasteiger charge is 2.19. The van der Waals surface area contributed by atoms with E-state index in [1.165, 1.54) is 0 Å². The van der Waals surface area contributed by atoms with Crippen molar-refractivity contribution in [2.75, 3.05) is 6.54 Å². The minimum absolute atomic E-state index is 0.0157. The Hall–Kier alpha value is -1.61. The van der Waals surface area contributed by atoms with Crippen LogP contribution in [0.25, 0.3) is 0 Å². The molecule has 1 N–H and O–H groups in total. The van der Waals surface area contributed by atoms with E-state index in [1.807, 2.05) is 19.1 Å². The molecule has 0 spiro atoms. The minimum Gasteiger partial charge on any atom is -0.469 e. The first-order valence-electron chi connectivity index (χ1n) is 7.22. The lowest BCUT2D eigenvalue weighted by molar-refractivity contribution is 0.499. The molecule has 2 rings (SSSR count). The summed E-state index contributed by atoms with van der Waals surface area (Å²) < 4.78 is 19.2. The van der Waals surface area contributed by atoms with Gasteiger partial charge in [-0.25, -0.2) is 4.39 Å². The molecule has 1 heterocycles. The smallest absolute Gasteiger partial charge is 0.123 e. The van der Waals surface area contributed by atoms with Crippen LogP contribution in [0.3, 0.4) is 0 Å². The zero-order valence-electron chi connectivity index (χ0n) is 12.4. The summed E-state index contributed by atoms with van der Waals surface area (Å²) in [6.07, 6.45) is 3.58. The van der Waals surface area contributed by atoms with Gasteiger partial charge in [-0.15, -0.1) is 0 Å². The summed E-state index contributed by atoms with van der Waals surface area (Å²) in [4.78, 5) is 0. The van der Waals surface area contributed by atoms with Crippen LogP contribution < -0.4 is 5.32 Å². The van der Waals surface area contributed by atoms with Gasteiger partial charge in [0.2, 0.25) is 0 Å². The molecule has 1 aromatic heterocycles. The predicted octanol–water partition coefficient (Wildman–Crippen LogP) is 4.38. The van der Waals surface area contributed by atoms with E-state index in [4.69, 9.17) is 4.42 Å². The van der Waals surface area contributed by atoms with Gasteiger partial charge in [-0.1, -0.05) is 19.9 Å². The highest BCUT2D eigenvalue weighted by molar-refractivity contribution is 5.35. The summed E-state index contributed by atoms with van der Waals surface area (Å²) in [6, 6.07) is 7.15. The molecule has 0 fully saturated rings. The Kier molecular flexibility index (Phi) is 4.96. The molecular weight excluding hydrogens is 253 g/mol. The van der Waals surface area contributed by atoms with Crippen molar-refractivity contribution in [3.63, 3.8) is 0 Å². The standard InChI is InChI=1S/C17H22FNO/c1-4-7-19-17(15-6-8-20-16(15)5-2)13-9-12(3)10-14(18)11-13/h6,8-11,17,19H,4-5,7H2,1-3H3. The molecule has 2 aromatic rings. The average Bonchev–Trinajstić information content (AvgIpc) is 2.86. The van der Waals surface area contributed by atoms with Crippen LogP contribution >= 0.6 is 0 Å². The average molecular weight is 275 g/mol. The third kappa shape index (κ3) is 3.28. The number of hydrogen-bond donors (Lipinski definition) is 1. The Morgan fingerprint density at radius 3 is 2.70 bits per heavy atom. The number of furan rings is 1. The lowest BCUT2D eigenvalue weighted by Crippen LogP contribution is -2.24. The second-order valence-electron chi connectivity index (χ2n) is 5.10. The molecule has 0 saturated carbocycles. The van der Waals surface area contributed by atoms with Crippen LogP contribution in [-0.4, -0.2) is 6.54 Å². The molecule has 1 unspecified atom stereocenters. The third-order valence-corrected chi connectivity index (χ3v) is 3.41. The Morgan fingerprint density at radius 2 is 2.05 bits per heavy atom. The molecule has 2 nitrogen and oxygen atoms in total. The van der Waals surface area contributed by atoms with Gasteiger partial charge < -0.3 is 9.73 Å². The van der Waals surface area contributed by atoms with Gasteiger partial charge in [-0.05, 0) is 49.2 Å². The zero-order chi connectivity index (χ0) is 14.5. The van der Waals surface area contributed by atoms with E-state index < -0.39 is 0 Å². The van der Waals surface area contributed by atoms with Crippen molar-refractivity contribution >= 4 is 0 Å². The highest BCUT2D eigenvalue weighted by Crippen LogP contribution is 2.27. The molecular formula is C17H22FNO. The lowest BCUT2D eigenvalue weighted by atomic mass is 9.96. The summed E-state index contributed by atoms with van der Waals surface area (Å²) in [6.45, 7) is 6.99. The molecule has 1 aromatic carbocycles. The fourth-order valence-corrected chi connectivity index (χ4v) is 2.52. The second-order valence-corrected chi connectivity index (χ2v) is 5.10. The van der Waals surface area contributed by atoms with Gasteiger partial charge in [-0.2, -0.15) is 0 Å². The van der Waals surface area contributed by atoms with E-state index in [9.17, 15) is 4.39 Å². The molecule has 3 heteroatoms. The molecule has 0 aliphatic heterocycles. The maximum Gasteiger partial charge on any atom is 0.123 e. The Bertz CT molecular complexity index is 542. The van der Waals surface area contributed by atoms with Crippen LogP contribution in [0.1, 0.15) is 48.8 Å². The van der Waals surface area contributed by atoms with Gasteiger partial charge in [0.15, 0.2) is 0 Å². The number of hydrogen-bond acceptors (Lipinski definition) is 2. The van der Waals surface area contributed by atoms with E-state index in [0.717, 1.165) is 41.8 Å². The minimum atomic E-state index is -0.190. The largest absolute Gasteiger partial charge is 0.469 e. The van der Waals surface area contributed by atoms with Crippen LogP contribution in [0.4, 0.5) is 4.39 Å². The summed E-state index contributed by atoms with van der Waals surface area (Å²) in [7, 11) is 0. The van der Waals surface area contributed by atoms with Gasteiger partial charge in [0, 0.05) is 12.0 Å². The molecule has 108 valence electrons. The first-order valence-corrected chi connectivity index (χ1v) is 7.22. The van der Waals surface area contributed by atoms with Crippen molar-refractivity contribution in [3.8, 4) is 0 Å². The van der Waals surface area contributed by atoms with E-state index >= 15 is 0 Å². The quantitative estimate of drug-likeness (QED) is 0.846. The molecule has 20 heavy (non-hydrogen) atoms. The highest BCUT2D eigenvalue weighted by atomic mass is 19.1. The van der Waals surface area contributed by atoms with Crippen molar-refractivity contribution in [2.45, 2.75) is 39.7 Å². The number of halogens is 1. The fraction of sp³-hybridized carbons (Fsp3) is 0.412. The molecule has 0 radical (unpaired) electrons. The van der Waals surface area contributed by atoms with Crippen LogP contribution in [0.15, 0.2) is 34.9 Å². The number of benzene rings is 1. The summed E-state index contributed by atoms with van der Waals surface area (Å²) in [5, 5.41) is 3.49. The topological polar surface area (TPSA) is 25.2 Å². The Labute approximate surface area is 120 Å². The summed E-state index contributed by atoms with van der Waals surface area (Å²) in [5.41, 5.74) is 2.99. The van der Waals surface area contributed by atoms with E-state index in [2.05, 4.69) is 19.2 Å². The van der Waals surface area contributed by atoms with Crippen molar-refractivity contribution in [1.29, 1.82) is 0 Å². The molecule has 0 amide bonds. The molecule has 0 bridgehead atoms.